The van der Waals surface area contributed by atoms with Gasteiger partial charge in [-0.2, -0.15) is 0 Å². The van der Waals surface area contributed by atoms with Gasteiger partial charge in [-0.3, -0.25) is 19.4 Å². The summed E-state index contributed by atoms with van der Waals surface area (Å²) in [5.41, 5.74) is 8.53. The molecule has 2 aliphatic rings. The summed E-state index contributed by atoms with van der Waals surface area (Å²) in [5.74, 6) is -1.19. The van der Waals surface area contributed by atoms with E-state index in [0.29, 0.717) is 31.5 Å². The lowest BCUT2D eigenvalue weighted by Gasteiger charge is -2.35. The Morgan fingerprint density at radius 3 is 1.10 bits per heavy atom. The first-order chi connectivity index (χ1) is 34.5. The first-order valence-corrected chi connectivity index (χ1v) is 24.0. The number of aromatic nitrogens is 2. The lowest BCUT2D eigenvalue weighted by atomic mass is 9.94. The van der Waals surface area contributed by atoms with Gasteiger partial charge in [0.25, 0.3) is 11.8 Å². The maximum atomic E-state index is 15.3. The molecule has 338 valence electrons. The number of urea groups is 1. The molecule has 7 heteroatoms. The van der Waals surface area contributed by atoms with Crippen LogP contribution in [0.1, 0.15) is 35.1 Å². The second-order valence-electron chi connectivity index (χ2n) is 18.3. The first kappa shape index (κ1) is 42.5. The van der Waals surface area contributed by atoms with Crippen LogP contribution in [0.2, 0.25) is 0 Å². The molecule has 3 heterocycles. The van der Waals surface area contributed by atoms with E-state index < -0.39 is 17.8 Å². The Bertz CT molecular complexity index is 3620. The summed E-state index contributed by atoms with van der Waals surface area (Å²) in [4.78, 5) is 47.7. The third-order valence-corrected chi connectivity index (χ3v) is 14.0. The number of amides is 4. The van der Waals surface area contributed by atoms with Crippen LogP contribution in [-0.2, 0) is 35.8 Å². The highest BCUT2D eigenvalue weighted by Gasteiger charge is 2.45. The number of carbonyl (C=O) groups is 3. The van der Waals surface area contributed by atoms with Crippen molar-refractivity contribution in [3.05, 3.63) is 262 Å². The Morgan fingerprint density at radius 1 is 0.357 bits per heavy atom. The number of barbiturate groups is 1. The van der Waals surface area contributed by atoms with Crippen molar-refractivity contribution in [2.75, 3.05) is 0 Å². The van der Waals surface area contributed by atoms with E-state index in [1.165, 1.54) is 31.7 Å². The van der Waals surface area contributed by atoms with Gasteiger partial charge in [0.1, 0.15) is 5.57 Å². The molecule has 0 spiro atoms. The predicted octanol–water partition coefficient (Wildman–Crippen LogP) is 11.8. The minimum Gasteiger partial charge on any atom is -0.336 e. The lowest BCUT2D eigenvalue weighted by molar-refractivity contribution is -0.136. The number of rotatable bonds is 10. The molecule has 10 aromatic rings. The molecule has 12 rings (SSSR count). The second kappa shape index (κ2) is 18.0. The maximum absolute atomic E-state index is 15.3. The van der Waals surface area contributed by atoms with Crippen molar-refractivity contribution in [2.45, 2.75) is 39.0 Å². The number of allylic oxidation sites excluding steroid dienone is 5. The minimum absolute atomic E-state index is 0.00849. The van der Waals surface area contributed by atoms with Gasteiger partial charge in [0, 0.05) is 45.3 Å². The second-order valence-corrected chi connectivity index (χ2v) is 18.3. The molecule has 1 saturated heterocycles. The van der Waals surface area contributed by atoms with E-state index in [2.05, 4.69) is 155 Å². The van der Waals surface area contributed by atoms with Crippen LogP contribution >= 0.6 is 0 Å². The van der Waals surface area contributed by atoms with Gasteiger partial charge in [0.05, 0.1) is 24.1 Å². The standard InChI is InChI=1S/C63H48N4O3/c68-61-60(62(69)67(42-46-23-11-4-12-24-46)63(70)66(61)41-45-21-9-3-10-22-45)57-49(35-37-53-51-29-13-25-47-27-15-31-55(58(47)51)64(53)39-43-17-5-1-6-18-43)33-34-50(57)36-38-54-52-30-14-26-48-28-16-32-56(59(48)52)65(54)40-44-19-7-2-8-20-44/h1-32,35-38H,33-34,39-42H2/b49-35-,50-36+,53-37-,54-38?. The van der Waals surface area contributed by atoms with Crippen LogP contribution in [0.3, 0.4) is 0 Å². The molecule has 4 amide bonds. The zero-order chi connectivity index (χ0) is 47.1. The van der Waals surface area contributed by atoms with E-state index in [0.717, 1.165) is 65.5 Å². The summed E-state index contributed by atoms with van der Waals surface area (Å²) in [6, 6.07) is 65.1. The molecule has 1 aliphatic carbocycles. The molecule has 1 saturated carbocycles. The molecule has 0 N–H and O–H groups in total. The molecule has 0 atom stereocenters. The van der Waals surface area contributed by atoms with Gasteiger partial charge < -0.3 is 9.13 Å². The lowest BCUT2D eigenvalue weighted by Crippen LogP contribution is -2.55. The van der Waals surface area contributed by atoms with E-state index >= 15 is 9.59 Å². The molecule has 8 aromatic carbocycles. The minimum atomic E-state index is -0.632. The van der Waals surface area contributed by atoms with Gasteiger partial charge in [0.15, 0.2) is 0 Å². The number of hydrogen-bond acceptors (Lipinski definition) is 3. The van der Waals surface area contributed by atoms with Gasteiger partial charge >= 0.3 is 6.03 Å². The van der Waals surface area contributed by atoms with Crippen molar-refractivity contribution >= 4 is 73.3 Å². The Labute approximate surface area is 405 Å². The largest absolute Gasteiger partial charge is 0.336 e. The smallest absolute Gasteiger partial charge is 0.334 e. The van der Waals surface area contributed by atoms with Crippen molar-refractivity contribution in [2.24, 2.45) is 0 Å². The van der Waals surface area contributed by atoms with Crippen LogP contribution in [0, 0.1) is 0 Å². The zero-order valence-electron chi connectivity index (χ0n) is 38.5. The number of benzene rings is 8. The summed E-state index contributed by atoms with van der Waals surface area (Å²) in [5, 5.41) is 9.04. The topological polar surface area (TPSA) is 67.5 Å². The summed E-state index contributed by atoms with van der Waals surface area (Å²) < 4.78 is 4.73. The third kappa shape index (κ3) is 7.62. The van der Waals surface area contributed by atoms with E-state index in [9.17, 15) is 4.79 Å². The van der Waals surface area contributed by atoms with Gasteiger partial charge in [-0.15, -0.1) is 0 Å². The van der Waals surface area contributed by atoms with Crippen LogP contribution in [0.5, 0.6) is 0 Å². The van der Waals surface area contributed by atoms with E-state index in [4.69, 9.17) is 0 Å². The molecule has 7 nitrogen and oxygen atoms in total. The SMILES string of the molecule is O=C1C(=C2/C(=C\C=c3\c4cccc5cccc(c54)n3Cc3ccccc3)CC/C2=C\C=c2c3cccc4cccc(c43)n2Cc2ccccc2)C(=O)N(Cc2ccccc2)C(=O)N1Cc1ccccc1. The Kier molecular flexibility index (Phi) is 10.9. The predicted molar refractivity (Wildman–Crippen MR) is 281 cm³/mol. The van der Waals surface area contributed by atoms with Gasteiger partial charge in [-0.25, -0.2) is 4.79 Å². The van der Waals surface area contributed by atoms with Gasteiger partial charge in [-0.1, -0.05) is 194 Å². The molecule has 70 heavy (non-hydrogen) atoms. The fraction of sp³-hybridized carbons (Fsp3) is 0.0952. The van der Waals surface area contributed by atoms with Crippen molar-refractivity contribution in [3.8, 4) is 0 Å². The summed E-state index contributed by atoms with van der Waals surface area (Å²) >= 11 is 0. The van der Waals surface area contributed by atoms with Gasteiger partial charge in [0.2, 0.25) is 0 Å². The van der Waals surface area contributed by atoms with Crippen LogP contribution in [0.4, 0.5) is 4.79 Å². The summed E-state index contributed by atoms with van der Waals surface area (Å²) in [6.07, 6.45) is 9.73. The van der Waals surface area contributed by atoms with Crippen LogP contribution in [-0.4, -0.2) is 36.8 Å². The fourth-order valence-electron chi connectivity index (χ4n) is 10.7. The van der Waals surface area contributed by atoms with Crippen molar-refractivity contribution in [3.63, 3.8) is 0 Å². The highest BCUT2D eigenvalue weighted by molar-refractivity contribution is 6.30. The Morgan fingerprint density at radius 2 is 0.714 bits per heavy atom. The summed E-state index contributed by atoms with van der Waals surface area (Å²) in [6.45, 7) is 1.36. The number of hydrogen-bond donors (Lipinski definition) is 0. The van der Waals surface area contributed by atoms with E-state index in [1.807, 2.05) is 72.8 Å². The third-order valence-electron chi connectivity index (χ3n) is 14.0. The quantitative estimate of drug-likeness (QED) is 0.101. The van der Waals surface area contributed by atoms with Crippen LogP contribution in [0.25, 0.3) is 55.5 Å². The van der Waals surface area contributed by atoms with E-state index in [-0.39, 0.29) is 18.7 Å². The molecular formula is C63H48N4O3. The van der Waals surface area contributed by atoms with Crippen molar-refractivity contribution in [1.29, 1.82) is 0 Å². The van der Waals surface area contributed by atoms with Crippen LogP contribution in [0.15, 0.2) is 229 Å². The monoisotopic (exact) mass is 908 g/mol. The molecule has 0 bridgehead atoms. The molecule has 2 aromatic heterocycles. The average Bonchev–Trinajstić information content (AvgIpc) is 4.04. The highest BCUT2D eigenvalue weighted by atomic mass is 16.2. The molecule has 0 radical (unpaired) electrons. The Hall–Kier alpha value is -8.81. The van der Waals surface area contributed by atoms with Crippen molar-refractivity contribution < 1.29 is 14.4 Å². The van der Waals surface area contributed by atoms with Gasteiger partial charge in [-0.05, 0) is 86.9 Å². The average molecular weight is 909 g/mol. The number of imide groups is 2. The highest BCUT2D eigenvalue weighted by Crippen LogP contribution is 2.41. The molecular weight excluding hydrogens is 861 g/mol. The van der Waals surface area contributed by atoms with Crippen molar-refractivity contribution in [1.82, 2.24) is 18.9 Å². The van der Waals surface area contributed by atoms with Crippen LogP contribution < -0.4 is 10.7 Å². The van der Waals surface area contributed by atoms with E-state index in [1.54, 1.807) is 0 Å². The normalized spacial score (nSPS) is 16.3. The molecule has 0 unspecified atom stereocenters. The maximum Gasteiger partial charge on any atom is 0.334 e. The number of carbonyl (C=O) groups excluding carboxylic acids is 3. The fourth-order valence-corrected chi connectivity index (χ4v) is 10.7. The summed E-state index contributed by atoms with van der Waals surface area (Å²) in [7, 11) is 0. The number of nitrogens with zero attached hydrogens (tertiary/aromatic N) is 4. The zero-order valence-corrected chi connectivity index (χ0v) is 38.5. The Balaban J connectivity index is 1.09. The first-order valence-electron chi connectivity index (χ1n) is 24.0. The molecule has 2 fully saturated rings. The molecule has 1 aliphatic heterocycles.